The number of sulfonamides is 1. The van der Waals surface area contributed by atoms with Crippen molar-refractivity contribution in [2.45, 2.75) is 26.8 Å². The second-order valence-corrected chi connectivity index (χ2v) is 8.83. The van der Waals surface area contributed by atoms with E-state index >= 15 is 0 Å². The molecule has 0 fully saturated rings. The van der Waals surface area contributed by atoms with Crippen molar-refractivity contribution in [2.24, 2.45) is 0 Å². The maximum atomic E-state index is 12.7. The number of carbonyl (C=O) groups is 1. The maximum absolute atomic E-state index is 12.7. The quantitative estimate of drug-likeness (QED) is 0.649. The van der Waals surface area contributed by atoms with E-state index in [0.29, 0.717) is 11.3 Å². The average molecular weight is 413 g/mol. The number of nitrogens with one attached hydrogen (secondary N) is 2. The van der Waals surface area contributed by atoms with Gasteiger partial charge in [-0.15, -0.1) is 0 Å². The molecule has 0 saturated heterocycles. The van der Waals surface area contributed by atoms with Crippen molar-refractivity contribution in [3.05, 3.63) is 77.1 Å². The fraction of sp³-hybridized carbons (Fsp3) is 0.238. The van der Waals surface area contributed by atoms with Gasteiger partial charge in [-0.2, -0.15) is 5.10 Å². The number of aromatic nitrogens is 2. The third-order valence-corrected chi connectivity index (χ3v) is 5.17. The molecule has 1 heterocycles. The zero-order valence-corrected chi connectivity index (χ0v) is 17.6. The topological polar surface area (TPSA) is 93.1 Å². The van der Waals surface area contributed by atoms with Gasteiger partial charge in [-0.25, -0.2) is 13.1 Å². The Bertz CT molecular complexity index is 1130. The number of hydrogen-bond donors (Lipinski definition) is 2. The second kappa shape index (κ2) is 8.08. The Morgan fingerprint density at radius 1 is 1.10 bits per heavy atom. The van der Waals surface area contributed by atoms with Crippen molar-refractivity contribution in [1.82, 2.24) is 15.1 Å². The molecule has 0 aliphatic heterocycles. The van der Waals surface area contributed by atoms with E-state index in [1.54, 1.807) is 24.4 Å². The number of aryl methyl sites for hydroxylation is 1. The number of rotatable bonds is 6. The van der Waals surface area contributed by atoms with Crippen LogP contribution in [-0.4, -0.2) is 30.4 Å². The summed E-state index contributed by atoms with van der Waals surface area (Å²) in [5.74, 6) is -0.294. The molecular weight excluding hydrogens is 388 g/mol. The van der Waals surface area contributed by atoms with Crippen LogP contribution in [0.5, 0.6) is 0 Å². The van der Waals surface area contributed by atoms with Gasteiger partial charge in [0.25, 0.3) is 5.91 Å². The summed E-state index contributed by atoms with van der Waals surface area (Å²) >= 11 is 0. The van der Waals surface area contributed by atoms with Crippen molar-refractivity contribution in [3.8, 4) is 5.69 Å². The van der Waals surface area contributed by atoms with Crippen molar-refractivity contribution in [3.63, 3.8) is 0 Å². The predicted octanol–water partition coefficient (Wildman–Crippen LogP) is 3.35. The Labute approximate surface area is 170 Å². The normalized spacial score (nSPS) is 12.4. The summed E-state index contributed by atoms with van der Waals surface area (Å²) < 4.78 is 27.0. The van der Waals surface area contributed by atoms with Gasteiger partial charge in [0.15, 0.2) is 0 Å². The molecule has 8 heteroatoms. The lowest BCUT2D eigenvalue weighted by Gasteiger charge is -2.15. The molecule has 3 rings (SSSR count). The standard InChI is InChI=1S/C21H24N4O3S/c1-14-8-10-19(11-9-14)25-16(3)20(13-22-25)15(2)23-21(26)17-6-5-7-18(12-17)24-29(4,27)28/h5-13,15,24H,1-4H3,(H,23,26)/t15-/m0/s1. The molecule has 0 saturated carbocycles. The first-order valence-corrected chi connectivity index (χ1v) is 11.0. The van der Waals surface area contributed by atoms with Crippen LogP contribution in [0.4, 0.5) is 5.69 Å². The van der Waals surface area contributed by atoms with Gasteiger partial charge in [0.2, 0.25) is 10.0 Å². The van der Waals surface area contributed by atoms with Gasteiger partial charge in [-0.1, -0.05) is 23.8 Å². The van der Waals surface area contributed by atoms with Gasteiger partial charge in [0.05, 0.1) is 24.2 Å². The van der Waals surface area contributed by atoms with E-state index < -0.39 is 10.0 Å². The Morgan fingerprint density at radius 3 is 2.45 bits per heavy atom. The molecule has 0 radical (unpaired) electrons. The first kappa shape index (κ1) is 20.6. The molecule has 0 bridgehead atoms. The molecule has 7 nitrogen and oxygen atoms in total. The van der Waals surface area contributed by atoms with Gasteiger partial charge >= 0.3 is 0 Å². The molecule has 2 N–H and O–H groups in total. The third-order valence-electron chi connectivity index (χ3n) is 4.57. The summed E-state index contributed by atoms with van der Waals surface area (Å²) in [6.07, 6.45) is 2.82. The maximum Gasteiger partial charge on any atom is 0.251 e. The molecule has 1 amide bonds. The molecule has 29 heavy (non-hydrogen) atoms. The van der Waals surface area contributed by atoms with E-state index in [-0.39, 0.29) is 11.9 Å². The summed E-state index contributed by atoms with van der Waals surface area (Å²) in [5.41, 5.74) is 4.69. The minimum absolute atomic E-state index is 0.270. The van der Waals surface area contributed by atoms with Gasteiger partial charge < -0.3 is 5.32 Å². The number of carbonyl (C=O) groups excluding carboxylic acids is 1. The van der Waals surface area contributed by atoms with Gasteiger partial charge in [-0.3, -0.25) is 9.52 Å². The van der Waals surface area contributed by atoms with Gasteiger partial charge in [0, 0.05) is 22.5 Å². The molecule has 0 spiro atoms. The van der Waals surface area contributed by atoms with Crippen molar-refractivity contribution < 1.29 is 13.2 Å². The monoisotopic (exact) mass is 412 g/mol. The Morgan fingerprint density at radius 2 is 1.79 bits per heavy atom. The van der Waals surface area contributed by atoms with Crippen LogP contribution in [0.3, 0.4) is 0 Å². The van der Waals surface area contributed by atoms with E-state index in [2.05, 4.69) is 15.1 Å². The highest BCUT2D eigenvalue weighted by molar-refractivity contribution is 7.92. The zero-order valence-electron chi connectivity index (χ0n) is 16.8. The van der Waals surface area contributed by atoms with Gasteiger partial charge in [-0.05, 0) is 51.1 Å². The van der Waals surface area contributed by atoms with Crippen LogP contribution < -0.4 is 10.0 Å². The fourth-order valence-corrected chi connectivity index (χ4v) is 3.64. The lowest BCUT2D eigenvalue weighted by Crippen LogP contribution is -2.27. The minimum Gasteiger partial charge on any atom is -0.345 e. The van der Waals surface area contributed by atoms with Crippen LogP contribution in [0.25, 0.3) is 5.69 Å². The molecule has 1 aromatic heterocycles. The van der Waals surface area contributed by atoms with Crippen molar-refractivity contribution in [2.75, 3.05) is 11.0 Å². The Balaban J connectivity index is 1.77. The van der Waals surface area contributed by atoms with Crippen LogP contribution in [0.15, 0.2) is 54.7 Å². The molecule has 0 aliphatic carbocycles. The highest BCUT2D eigenvalue weighted by atomic mass is 32.2. The summed E-state index contributed by atoms with van der Waals surface area (Å²) in [6, 6.07) is 14.2. The highest BCUT2D eigenvalue weighted by Gasteiger charge is 2.17. The number of benzene rings is 2. The molecule has 0 unspecified atom stereocenters. The van der Waals surface area contributed by atoms with E-state index in [1.807, 2.05) is 49.7 Å². The van der Waals surface area contributed by atoms with Crippen LogP contribution in [0.2, 0.25) is 0 Å². The molecule has 1 atom stereocenters. The second-order valence-electron chi connectivity index (χ2n) is 7.08. The number of nitrogens with zero attached hydrogens (tertiary/aromatic N) is 2. The highest BCUT2D eigenvalue weighted by Crippen LogP contribution is 2.21. The van der Waals surface area contributed by atoms with Crippen LogP contribution in [0, 0.1) is 13.8 Å². The van der Waals surface area contributed by atoms with E-state index in [9.17, 15) is 13.2 Å². The molecule has 152 valence electrons. The van der Waals surface area contributed by atoms with Crippen molar-refractivity contribution >= 4 is 21.6 Å². The number of anilines is 1. The zero-order chi connectivity index (χ0) is 21.2. The lowest BCUT2D eigenvalue weighted by molar-refractivity contribution is 0.0940. The fourth-order valence-electron chi connectivity index (χ4n) is 3.09. The summed E-state index contributed by atoms with van der Waals surface area (Å²) in [6.45, 7) is 5.88. The Hall–Kier alpha value is -3.13. The van der Waals surface area contributed by atoms with Crippen LogP contribution in [0.1, 0.15) is 40.1 Å². The SMILES string of the molecule is Cc1ccc(-n2ncc([C@H](C)NC(=O)c3cccc(NS(C)(=O)=O)c3)c2C)cc1. The smallest absolute Gasteiger partial charge is 0.251 e. The Kier molecular flexibility index (Phi) is 5.74. The first-order valence-electron chi connectivity index (χ1n) is 9.14. The largest absolute Gasteiger partial charge is 0.345 e. The number of hydrogen-bond acceptors (Lipinski definition) is 4. The van der Waals surface area contributed by atoms with Crippen LogP contribution in [-0.2, 0) is 10.0 Å². The summed E-state index contributed by atoms with van der Waals surface area (Å²) in [4.78, 5) is 12.7. The lowest BCUT2D eigenvalue weighted by atomic mass is 10.1. The van der Waals surface area contributed by atoms with Crippen LogP contribution >= 0.6 is 0 Å². The average Bonchev–Trinajstić information content (AvgIpc) is 3.02. The minimum atomic E-state index is -3.41. The third kappa shape index (κ3) is 5.03. The molecular formula is C21H24N4O3S. The number of amides is 1. The molecule has 0 aliphatic rings. The summed E-state index contributed by atoms with van der Waals surface area (Å²) in [7, 11) is -3.41. The summed E-state index contributed by atoms with van der Waals surface area (Å²) in [5, 5.41) is 7.41. The van der Waals surface area contributed by atoms with E-state index in [4.69, 9.17) is 0 Å². The molecule has 2 aromatic carbocycles. The van der Waals surface area contributed by atoms with E-state index in [0.717, 1.165) is 23.2 Å². The van der Waals surface area contributed by atoms with Gasteiger partial charge in [0.1, 0.15) is 0 Å². The predicted molar refractivity (Wildman–Crippen MR) is 114 cm³/mol. The van der Waals surface area contributed by atoms with E-state index in [1.165, 1.54) is 11.6 Å². The first-order chi connectivity index (χ1) is 13.6. The molecule has 3 aromatic rings. The van der Waals surface area contributed by atoms with Crippen molar-refractivity contribution in [1.29, 1.82) is 0 Å².